The summed E-state index contributed by atoms with van der Waals surface area (Å²) in [5.74, 6) is 0.557. The van der Waals surface area contributed by atoms with Crippen LogP contribution in [0.3, 0.4) is 0 Å². The Labute approximate surface area is 256 Å². The number of carbonyl (C=O) groups excluding carboxylic acids is 1. The number of rotatable bonds is 6. The van der Waals surface area contributed by atoms with Crippen molar-refractivity contribution in [1.29, 1.82) is 0 Å². The number of benzene rings is 1. The fourth-order valence-electron chi connectivity index (χ4n) is 7.00. The second-order valence-electron chi connectivity index (χ2n) is 12.1. The zero-order valence-corrected chi connectivity index (χ0v) is 25.4. The molecule has 3 aromatic heterocycles. The molecule has 0 unspecified atom stereocenters. The largest absolute Gasteiger partial charge is 0.392 e. The Kier molecular flexibility index (Phi) is 7.47. The van der Waals surface area contributed by atoms with Crippen molar-refractivity contribution in [1.82, 2.24) is 19.4 Å². The SMILES string of the molecule is Cc1c(-c2cccc(N3CCc4c(cc5n4CCCC5)C3=O)c2CO)c[nH]c(=O)c1Nc1ccc(N2CCN(C)CC2)cn1. The molecule has 10 nitrogen and oxygen atoms in total. The van der Waals surface area contributed by atoms with E-state index in [2.05, 4.69) is 42.8 Å². The van der Waals surface area contributed by atoms with Gasteiger partial charge in [-0.1, -0.05) is 12.1 Å². The van der Waals surface area contributed by atoms with E-state index in [1.807, 2.05) is 43.5 Å². The van der Waals surface area contributed by atoms with Crippen LogP contribution in [0, 0.1) is 6.92 Å². The van der Waals surface area contributed by atoms with Gasteiger partial charge < -0.3 is 34.7 Å². The summed E-state index contributed by atoms with van der Waals surface area (Å²) in [6, 6.07) is 11.7. The number of aliphatic hydroxyl groups excluding tert-OH is 1. The van der Waals surface area contributed by atoms with Gasteiger partial charge >= 0.3 is 0 Å². The van der Waals surface area contributed by atoms with Crippen molar-refractivity contribution in [3.8, 4) is 11.1 Å². The fourth-order valence-corrected chi connectivity index (χ4v) is 7.00. The molecule has 1 amide bonds. The van der Waals surface area contributed by atoms with Crippen molar-refractivity contribution >= 4 is 28.8 Å². The second kappa shape index (κ2) is 11.6. The average molecular weight is 594 g/mol. The van der Waals surface area contributed by atoms with E-state index in [9.17, 15) is 14.7 Å². The molecule has 0 spiro atoms. The van der Waals surface area contributed by atoms with E-state index in [1.54, 1.807) is 11.1 Å². The molecular formula is C34H39N7O3. The van der Waals surface area contributed by atoms with Crippen LogP contribution >= 0.6 is 0 Å². The highest BCUT2D eigenvalue weighted by Crippen LogP contribution is 2.37. The molecule has 6 heterocycles. The predicted octanol–water partition coefficient (Wildman–Crippen LogP) is 4.07. The molecule has 0 aliphatic carbocycles. The molecule has 0 saturated carbocycles. The van der Waals surface area contributed by atoms with E-state index in [1.165, 1.54) is 5.69 Å². The van der Waals surface area contributed by atoms with Gasteiger partial charge in [0.05, 0.1) is 29.7 Å². The second-order valence-corrected chi connectivity index (χ2v) is 12.1. The average Bonchev–Trinajstić information content (AvgIpc) is 3.43. The summed E-state index contributed by atoms with van der Waals surface area (Å²) >= 11 is 0. The summed E-state index contributed by atoms with van der Waals surface area (Å²) in [5, 5.41) is 13.9. The minimum Gasteiger partial charge on any atom is -0.392 e. The molecule has 3 N–H and O–H groups in total. The van der Waals surface area contributed by atoms with Crippen LogP contribution in [0.5, 0.6) is 0 Å². The van der Waals surface area contributed by atoms with Crippen LogP contribution in [-0.4, -0.2) is 70.2 Å². The fraction of sp³-hybridized carbons (Fsp3) is 0.382. The highest BCUT2D eigenvalue weighted by molar-refractivity contribution is 6.09. The van der Waals surface area contributed by atoms with Crippen LogP contribution in [0.2, 0.25) is 0 Å². The maximum Gasteiger partial charge on any atom is 0.271 e. The van der Waals surface area contributed by atoms with E-state index in [0.29, 0.717) is 29.3 Å². The van der Waals surface area contributed by atoms with Crippen molar-refractivity contribution in [3.05, 3.63) is 87.2 Å². The van der Waals surface area contributed by atoms with Crippen LogP contribution in [0.1, 0.15) is 45.7 Å². The topological polar surface area (TPSA) is 110 Å². The number of H-pyrrole nitrogens is 1. The molecule has 10 heteroatoms. The molecule has 0 radical (unpaired) electrons. The van der Waals surface area contributed by atoms with Gasteiger partial charge in [-0.25, -0.2) is 4.98 Å². The van der Waals surface area contributed by atoms with Gasteiger partial charge in [0, 0.05) is 74.4 Å². The summed E-state index contributed by atoms with van der Waals surface area (Å²) in [6.07, 6.45) is 7.62. The lowest BCUT2D eigenvalue weighted by molar-refractivity contribution is 0.0979. The number of aromatic nitrogens is 3. The molecule has 3 aliphatic rings. The van der Waals surface area contributed by atoms with Crippen molar-refractivity contribution in [2.75, 3.05) is 54.9 Å². The maximum atomic E-state index is 13.8. The van der Waals surface area contributed by atoms with E-state index in [0.717, 1.165) is 92.0 Å². The van der Waals surface area contributed by atoms with Gasteiger partial charge in [-0.2, -0.15) is 0 Å². The number of aromatic amines is 1. The molecular weight excluding hydrogens is 554 g/mol. The van der Waals surface area contributed by atoms with Crippen LogP contribution < -0.4 is 20.7 Å². The Morgan fingerprint density at radius 1 is 0.955 bits per heavy atom. The number of nitrogens with zero attached hydrogens (tertiary/aromatic N) is 5. The number of hydrogen-bond acceptors (Lipinski definition) is 7. The number of hydrogen-bond donors (Lipinski definition) is 3. The molecule has 0 atom stereocenters. The van der Waals surface area contributed by atoms with Gasteiger partial charge in [0.1, 0.15) is 11.5 Å². The highest BCUT2D eigenvalue weighted by atomic mass is 16.3. The van der Waals surface area contributed by atoms with E-state index < -0.39 is 0 Å². The Bertz CT molecular complexity index is 1770. The molecule has 7 rings (SSSR count). The number of pyridine rings is 2. The third-order valence-electron chi connectivity index (χ3n) is 9.52. The molecule has 1 saturated heterocycles. The molecule has 1 aromatic carbocycles. The number of amides is 1. The normalized spacial score (nSPS) is 17.0. The number of piperazine rings is 1. The Hall–Kier alpha value is -4.41. The number of aliphatic hydroxyl groups is 1. The Morgan fingerprint density at radius 3 is 2.57 bits per heavy atom. The third kappa shape index (κ3) is 4.97. The van der Waals surface area contributed by atoms with Gasteiger partial charge in [-0.3, -0.25) is 9.59 Å². The van der Waals surface area contributed by atoms with Crippen molar-refractivity contribution in [2.24, 2.45) is 0 Å². The zero-order chi connectivity index (χ0) is 30.4. The van der Waals surface area contributed by atoms with Gasteiger partial charge in [0.25, 0.3) is 11.5 Å². The lowest BCUT2D eigenvalue weighted by Gasteiger charge is -2.33. The summed E-state index contributed by atoms with van der Waals surface area (Å²) < 4.78 is 2.34. The van der Waals surface area contributed by atoms with Crippen LogP contribution in [-0.2, 0) is 26.0 Å². The smallest absolute Gasteiger partial charge is 0.271 e. The first-order chi connectivity index (χ1) is 21.4. The first-order valence-corrected chi connectivity index (χ1v) is 15.6. The molecule has 0 bridgehead atoms. The van der Waals surface area contributed by atoms with Gasteiger partial charge in [0.2, 0.25) is 0 Å². The third-order valence-corrected chi connectivity index (χ3v) is 9.52. The summed E-state index contributed by atoms with van der Waals surface area (Å²) in [5.41, 5.74) is 8.01. The van der Waals surface area contributed by atoms with Gasteiger partial charge in [-0.05, 0) is 68.6 Å². The van der Waals surface area contributed by atoms with E-state index in [-0.39, 0.29) is 18.1 Å². The Balaban J connectivity index is 1.18. The summed E-state index contributed by atoms with van der Waals surface area (Å²) in [7, 11) is 2.13. The number of fused-ring (bicyclic) bond motifs is 3. The number of likely N-dealkylation sites (N-methyl/N-ethyl adjacent to an activating group) is 1. The first kappa shape index (κ1) is 28.4. The Morgan fingerprint density at radius 2 is 1.80 bits per heavy atom. The molecule has 3 aliphatic heterocycles. The quantitative estimate of drug-likeness (QED) is 0.309. The lowest BCUT2D eigenvalue weighted by atomic mass is 9.94. The van der Waals surface area contributed by atoms with Crippen LogP contribution in [0.4, 0.5) is 22.9 Å². The van der Waals surface area contributed by atoms with Crippen LogP contribution in [0.25, 0.3) is 11.1 Å². The van der Waals surface area contributed by atoms with Crippen molar-refractivity contribution in [2.45, 2.75) is 45.8 Å². The standard InChI is InChI=1S/C34H39N7O3/c1-22-27(20-36-33(43)32(22)37-31-10-9-24(19-35-31)39-16-14-38(2)15-17-39)25-7-5-8-29(28(25)21-42)41-13-11-30-26(34(41)44)18-23-6-3-4-12-40(23)30/h5,7-10,18-20,42H,3-4,6,11-17,21H2,1-2H3,(H,35,37)(H,36,43). The molecule has 44 heavy (non-hydrogen) atoms. The minimum atomic E-state index is -0.255. The predicted molar refractivity (Wildman–Crippen MR) is 173 cm³/mol. The minimum absolute atomic E-state index is 0.0216. The van der Waals surface area contributed by atoms with E-state index >= 15 is 0 Å². The molecule has 4 aromatic rings. The summed E-state index contributed by atoms with van der Waals surface area (Å²) in [6.45, 7) is 7.12. The van der Waals surface area contributed by atoms with Gasteiger partial charge in [-0.15, -0.1) is 0 Å². The molecule has 1 fully saturated rings. The first-order valence-electron chi connectivity index (χ1n) is 15.6. The number of nitrogens with one attached hydrogen (secondary N) is 2. The number of aryl methyl sites for hydroxylation is 1. The van der Waals surface area contributed by atoms with Crippen molar-refractivity contribution < 1.29 is 9.90 Å². The van der Waals surface area contributed by atoms with Crippen LogP contribution in [0.15, 0.2) is 53.6 Å². The van der Waals surface area contributed by atoms with Gasteiger partial charge in [0.15, 0.2) is 0 Å². The highest BCUT2D eigenvalue weighted by Gasteiger charge is 2.32. The number of anilines is 4. The lowest BCUT2D eigenvalue weighted by Crippen LogP contribution is -2.44. The summed E-state index contributed by atoms with van der Waals surface area (Å²) in [4.78, 5) is 40.8. The number of carbonyl (C=O) groups is 1. The zero-order valence-electron chi connectivity index (χ0n) is 25.4. The van der Waals surface area contributed by atoms with Crippen molar-refractivity contribution in [3.63, 3.8) is 0 Å². The maximum absolute atomic E-state index is 13.8. The van der Waals surface area contributed by atoms with E-state index in [4.69, 9.17) is 0 Å². The molecule has 228 valence electrons. The monoisotopic (exact) mass is 593 g/mol.